The maximum absolute atomic E-state index is 13.0. The Balaban J connectivity index is 3.23. The Morgan fingerprint density at radius 3 is 1.82 bits per heavy atom. The predicted molar refractivity (Wildman–Crippen MR) is 44.1 cm³/mol. The molecule has 0 fully saturated rings. The summed E-state index contributed by atoms with van der Waals surface area (Å²) in [5.41, 5.74) is -1.57. The summed E-state index contributed by atoms with van der Waals surface area (Å²) in [4.78, 5) is 3.03. The quantitative estimate of drug-likeness (QED) is 0.589. The summed E-state index contributed by atoms with van der Waals surface area (Å²) < 4.78 is 86.6. The van der Waals surface area contributed by atoms with Crippen LogP contribution < -0.4 is 0 Å². The highest BCUT2D eigenvalue weighted by molar-refractivity contribution is 6.29. The van der Waals surface area contributed by atoms with E-state index in [1.165, 1.54) is 0 Å². The fourth-order valence-electron chi connectivity index (χ4n) is 0.921. The zero-order chi connectivity index (χ0) is 13.5. The second kappa shape index (κ2) is 4.01. The molecule has 0 atom stereocenters. The van der Waals surface area contributed by atoms with Crippen molar-refractivity contribution in [1.82, 2.24) is 4.98 Å². The molecule has 0 aliphatic heterocycles. The number of alkyl halides is 7. The van der Waals surface area contributed by atoms with E-state index >= 15 is 0 Å². The highest BCUT2D eigenvalue weighted by atomic mass is 35.5. The molecule has 0 bridgehead atoms. The Morgan fingerprint density at radius 1 is 0.941 bits per heavy atom. The van der Waals surface area contributed by atoms with E-state index in [0.717, 1.165) is 0 Å². The van der Waals surface area contributed by atoms with Gasteiger partial charge in [0.05, 0.1) is 0 Å². The summed E-state index contributed by atoms with van der Waals surface area (Å²) >= 11 is 5.20. The Kier molecular flexibility index (Phi) is 3.30. The van der Waals surface area contributed by atoms with Gasteiger partial charge in [0.25, 0.3) is 0 Å². The van der Waals surface area contributed by atoms with Crippen molar-refractivity contribution in [3.8, 4) is 0 Å². The lowest BCUT2D eigenvalue weighted by Gasteiger charge is -2.28. The fourth-order valence-corrected chi connectivity index (χ4v) is 1.03. The highest BCUT2D eigenvalue weighted by Crippen LogP contribution is 2.51. The van der Waals surface area contributed by atoms with Gasteiger partial charge in [0.15, 0.2) is 0 Å². The van der Waals surface area contributed by atoms with E-state index in [0.29, 0.717) is 12.1 Å². The molecule has 0 aliphatic carbocycles. The van der Waals surface area contributed by atoms with Crippen LogP contribution in [0, 0.1) is 0 Å². The third kappa shape index (κ3) is 2.31. The van der Waals surface area contributed by atoms with Crippen LogP contribution in [0.5, 0.6) is 0 Å². The maximum Gasteiger partial charge on any atom is 0.460 e. The molecule has 9 heteroatoms. The van der Waals surface area contributed by atoms with Gasteiger partial charge in [-0.1, -0.05) is 11.6 Å². The van der Waals surface area contributed by atoms with Crippen molar-refractivity contribution < 1.29 is 30.7 Å². The first-order chi connectivity index (χ1) is 7.50. The van der Waals surface area contributed by atoms with Crippen LogP contribution in [0.4, 0.5) is 30.7 Å². The molecule has 1 rings (SSSR count). The Labute approximate surface area is 95.2 Å². The summed E-state index contributed by atoms with van der Waals surface area (Å²) in [6.45, 7) is 0. The molecule has 0 radical (unpaired) electrons. The molecule has 1 aromatic heterocycles. The Hall–Kier alpha value is -1.05. The number of pyridine rings is 1. The van der Waals surface area contributed by atoms with Crippen LogP contribution in [0.25, 0.3) is 0 Å². The second-order valence-corrected chi connectivity index (χ2v) is 3.40. The van der Waals surface area contributed by atoms with E-state index in [9.17, 15) is 30.7 Å². The second-order valence-electron chi connectivity index (χ2n) is 3.02. The van der Waals surface area contributed by atoms with Crippen LogP contribution in [0.1, 0.15) is 5.56 Å². The van der Waals surface area contributed by atoms with Crippen molar-refractivity contribution in [3.63, 3.8) is 0 Å². The summed E-state index contributed by atoms with van der Waals surface area (Å²) in [5, 5.41) is -0.306. The number of hydrogen-bond acceptors (Lipinski definition) is 1. The number of aromatic nitrogens is 1. The van der Waals surface area contributed by atoms with E-state index in [1.807, 2.05) is 0 Å². The lowest BCUT2D eigenvalue weighted by molar-refractivity contribution is -0.359. The molecule has 0 saturated heterocycles. The van der Waals surface area contributed by atoms with Crippen molar-refractivity contribution in [1.29, 1.82) is 0 Å². The molecule has 0 saturated carbocycles. The van der Waals surface area contributed by atoms with Crippen LogP contribution >= 0.6 is 11.6 Å². The van der Waals surface area contributed by atoms with Crippen LogP contribution in [-0.2, 0) is 5.92 Å². The molecular weight excluding hydrogens is 279 g/mol. The monoisotopic (exact) mass is 281 g/mol. The molecule has 0 aromatic carbocycles. The van der Waals surface area contributed by atoms with Crippen LogP contribution in [0.3, 0.4) is 0 Å². The van der Waals surface area contributed by atoms with E-state index in [1.54, 1.807) is 0 Å². The van der Waals surface area contributed by atoms with E-state index in [2.05, 4.69) is 4.98 Å². The normalized spacial score (nSPS) is 13.9. The van der Waals surface area contributed by atoms with Crippen molar-refractivity contribution in [2.75, 3.05) is 0 Å². The third-order valence-corrected chi connectivity index (χ3v) is 2.06. The van der Waals surface area contributed by atoms with Gasteiger partial charge in [-0.25, -0.2) is 4.98 Å². The average molecular weight is 282 g/mol. The van der Waals surface area contributed by atoms with Gasteiger partial charge in [-0.15, -0.1) is 0 Å². The standard InChI is InChI=1S/C8H3ClF7N/c9-5-2-1-4(3-17-5)6(10,11)7(12,13)8(14,15)16/h1-3H. The van der Waals surface area contributed by atoms with Gasteiger partial charge < -0.3 is 0 Å². The van der Waals surface area contributed by atoms with Crippen LogP contribution in [0.15, 0.2) is 18.3 Å². The lowest BCUT2D eigenvalue weighted by atomic mass is 10.0. The molecule has 0 aliphatic rings. The Bertz CT molecular complexity index is 397. The number of nitrogens with zero attached hydrogens (tertiary/aromatic N) is 1. The minimum absolute atomic E-state index is 0.169. The van der Waals surface area contributed by atoms with Crippen LogP contribution in [-0.4, -0.2) is 17.1 Å². The maximum atomic E-state index is 13.0. The first kappa shape index (κ1) is 14.0. The molecule has 0 spiro atoms. The number of halogens is 8. The predicted octanol–water partition coefficient (Wildman–Crippen LogP) is 4.02. The van der Waals surface area contributed by atoms with Gasteiger partial charge in [0.2, 0.25) is 0 Å². The summed E-state index contributed by atoms with van der Waals surface area (Å²) in [6.07, 6.45) is -6.20. The largest absolute Gasteiger partial charge is 0.460 e. The first-order valence-corrected chi connectivity index (χ1v) is 4.32. The third-order valence-electron chi connectivity index (χ3n) is 1.84. The van der Waals surface area contributed by atoms with Gasteiger partial charge in [-0.05, 0) is 12.1 Å². The minimum atomic E-state index is -6.36. The molecule has 1 aromatic rings. The SMILES string of the molecule is FC(F)(F)C(F)(F)C(F)(F)c1ccc(Cl)nc1. The molecule has 17 heavy (non-hydrogen) atoms. The lowest BCUT2D eigenvalue weighted by Crippen LogP contribution is -2.50. The summed E-state index contributed by atoms with van der Waals surface area (Å²) in [7, 11) is 0. The van der Waals surface area contributed by atoms with Gasteiger partial charge in [0.1, 0.15) is 5.15 Å². The summed E-state index contributed by atoms with van der Waals surface area (Å²) in [5.74, 6) is -11.6. The van der Waals surface area contributed by atoms with E-state index in [-0.39, 0.29) is 11.3 Å². The number of hydrogen-bond donors (Lipinski definition) is 0. The molecule has 0 N–H and O–H groups in total. The average Bonchev–Trinajstić information content (AvgIpc) is 2.16. The zero-order valence-electron chi connectivity index (χ0n) is 7.70. The fraction of sp³-hybridized carbons (Fsp3) is 0.375. The van der Waals surface area contributed by atoms with Crippen molar-refractivity contribution in [2.45, 2.75) is 18.0 Å². The molecule has 0 unspecified atom stereocenters. The van der Waals surface area contributed by atoms with Crippen molar-refractivity contribution >= 4 is 11.6 Å². The topological polar surface area (TPSA) is 12.9 Å². The van der Waals surface area contributed by atoms with Gasteiger partial charge in [0, 0.05) is 11.8 Å². The molecule has 96 valence electrons. The van der Waals surface area contributed by atoms with E-state index in [4.69, 9.17) is 11.6 Å². The van der Waals surface area contributed by atoms with Crippen molar-refractivity contribution in [2.24, 2.45) is 0 Å². The van der Waals surface area contributed by atoms with Gasteiger partial charge in [-0.3, -0.25) is 0 Å². The van der Waals surface area contributed by atoms with Crippen LogP contribution in [0.2, 0.25) is 5.15 Å². The van der Waals surface area contributed by atoms with Gasteiger partial charge >= 0.3 is 18.0 Å². The Morgan fingerprint density at radius 2 is 1.47 bits per heavy atom. The van der Waals surface area contributed by atoms with E-state index < -0.39 is 23.6 Å². The highest BCUT2D eigenvalue weighted by Gasteiger charge is 2.73. The molecule has 1 heterocycles. The molecule has 0 amide bonds. The molecular formula is C8H3ClF7N. The van der Waals surface area contributed by atoms with Gasteiger partial charge in [-0.2, -0.15) is 30.7 Å². The number of rotatable bonds is 2. The zero-order valence-corrected chi connectivity index (χ0v) is 8.46. The first-order valence-electron chi connectivity index (χ1n) is 3.94. The minimum Gasteiger partial charge on any atom is -0.244 e. The summed E-state index contributed by atoms with van der Waals surface area (Å²) in [6, 6.07) is 1.05. The smallest absolute Gasteiger partial charge is 0.244 e. The molecule has 1 nitrogen and oxygen atoms in total. The van der Waals surface area contributed by atoms with Crippen molar-refractivity contribution in [3.05, 3.63) is 29.0 Å².